The summed E-state index contributed by atoms with van der Waals surface area (Å²) in [6.45, 7) is 0. The number of H-pyrrole nitrogens is 1. The highest BCUT2D eigenvalue weighted by molar-refractivity contribution is 9.10. The van der Waals surface area contributed by atoms with Crippen molar-refractivity contribution >= 4 is 39.2 Å². The van der Waals surface area contributed by atoms with Crippen LogP contribution in [-0.2, 0) is 0 Å². The van der Waals surface area contributed by atoms with E-state index in [9.17, 15) is 17.6 Å². The lowest BCUT2D eigenvalue weighted by molar-refractivity contribution is 0.491. The summed E-state index contributed by atoms with van der Waals surface area (Å²) in [5.74, 6) is -4.18. The Balaban J connectivity index is 2.43. The van der Waals surface area contributed by atoms with E-state index in [0.29, 0.717) is 11.6 Å². The first-order chi connectivity index (χ1) is 9.88. The summed E-state index contributed by atoms with van der Waals surface area (Å²) < 4.78 is 55.5. The molecule has 8 heteroatoms. The van der Waals surface area contributed by atoms with Crippen molar-refractivity contribution in [3.05, 3.63) is 56.8 Å². The topological polar surface area (TPSA) is 20.7 Å². The minimum absolute atomic E-state index is 0.00796. The molecule has 1 aromatic heterocycles. The monoisotopic (exact) mass is 376 g/mol. The van der Waals surface area contributed by atoms with Crippen molar-refractivity contribution in [1.29, 1.82) is 0 Å². The van der Waals surface area contributed by atoms with E-state index in [-0.39, 0.29) is 14.8 Å². The number of benzene rings is 2. The third kappa shape index (κ3) is 2.28. The fourth-order valence-electron chi connectivity index (χ4n) is 2.05. The van der Waals surface area contributed by atoms with E-state index < -0.39 is 29.0 Å². The van der Waals surface area contributed by atoms with E-state index in [1.54, 1.807) is 0 Å². The molecule has 0 amide bonds. The molecule has 0 atom stereocenters. The van der Waals surface area contributed by atoms with Crippen molar-refractivity contribution in [2.24, 2.45) is 0 Å². The van der Waals surface area contributed by atoms with Crippen LogP contribution in [0.2, 0.25) is 0 Å². The van der Waals surface area contributed by atoms with Gasteiger partial charge in [-0.15, -0.1) is 0 Å². The number of fused-ring (bicyclic) bond motifs is 1. The summed E-state index contributed by atoms with van der Waals surface area (Å²) in [6, 6.07) is 3.72. The lowest BCUT2D eigenvalue weighted by Gasteiger charge is -2.07. The predicted octanol–water partition coefficient (Wildman–Crippen LogP) is 5.01. The molecule has 0 aliphatic rings. The van der Waals surface area contributed by atoms with Crippen molar-refractivity contribution in [2.45, 2.75) is 0 Å². The summed E-state index contributed by atoms with van der Waals surface area (Å²) in [5.41, 5.74) is 0.146. The highest BCUT2D eigenvalue weighted by Gasteiger charge is 2.17. The molecule has 0 unspecified atom stereocenters. The van der Waals surface area contributed by atoms with Gasteiger partial charge in [-0.25, -0.2) is 17.6 Å². The molecule has 21 heavy (non-hydrogen) atoms. The zero-order chi connectivity index (χ0) is 15.3. The number of rotatable bonds is 1. The Bertz CT molecular complexity index is 932. The number of aromatic nitrogens is 2. The Morgan fingerprint density at radius 1 is 1.00 bits per heavy atom. The number of nitrogens with one attached hydrogen (secondary N) is 1. The molecule has 1 N–H and O–H groups in total. The summed E-state index contributed by atoms with van der Waals surface area (Å²) in [7, 11) is 0. The second-order valence-corrected chi connectivity index (χ2v) is 5.51. The molecule has 0 aliphatic carbocycles. The Kier molecular flexibility index (Phi) is 3.37. The number of aromatic amines is 1. The molecule has 0 bridgehead atoms. The largest absolute Gasteiger partial charge is 0.330 e. The molecule has 1 heterocycles. The lowest BCUT2D eigenvalue weighted by Crippen LogP contribution is -2.02. The van der Waals surface area contributed by atoms with E-state index in [1.807, 2.05) is 0 Å². The average Bonchev–Trinajstić information content (AvgIpc) is 2.70. The minimum Gasteiger partial charge on any atom is -0.330 e. The van der Waals surface area contributed by atoms with Gasteiger partial charge in [0, 0.05) is 18.2 Å². The average molecular weight is 377 g/mol. The van der Waals surface area contributed by atoms with Gasteiger partial charge in [0.15, 0.2) is 16.4 Å². The maximum atomic E-state index is 13.9. The predicted molar refractivity (Wildman–Crippen MR) is 76.0 cm³/mol. The lowest BCUT2D eigenvalue weighted by atomic mass is 10.2. The molecule has 108 valence electrons. The molecule has 0 spiro atoms. The number of hydrogen-bond donors (Lipinski definition) is 1. The maximum absolute atomic E-state index is 13.9. The summed E-state index contributed by atoms with van der Waals surface area (Å²) in [4.78, 5) is 2.73. The van der Waals surface area contributed by atoms with E-state index in [0.717, 1.165) is 16.7 Å². The van der Waals surface area contributed by atoms with Crippen LogP contribution in [0.3, 0.4) is 0 Å². The van der Waals surface area contributed by atoms with Gasteiger partial charge in [0.2, 0.25) is 0 Å². The first-order valence-electron chi connectivity index (χ1n) is 5.63. The van der Waals surface area contributed by atoms with Gasteiger partial charge in [-0.1, -0.05) is 0 Å². The Morgan fingerprint density at radius 2 is 1.71 bits per heavy atom. The third-order valence-electron chi connectivity index (χ3n) is 2.94. The second-order valence-electron chi connectivity index (χ2n) is 4.27. The molecule has 0 radical (unpaired) electrons. The van der Waals surface area contributed by atoms with Gasteiger partial charge in [0.1, 0.15) is 11.6 Å². The molecular formula is C13H5BrF4N2S. The molecule has 0 aliphatic heterocycles. The first-order valence-corrected chi connectivity index (χ1v) is 6.83. The smallest absolute Gasteiger partial charge is 0.183 e. The van der Waals surface area contributed by atoms with Crippen LogP contribution in [0.5, 0.6) is 0 Å². The van der Waals surface area contributed by atoms with Gasteiger partial charge in [-0.3, -0.25) is 4.57 Å². The van der Waals surface area contributed by atoms with Crippen molar-refractivity contribution in [1.82, 2.24) is 9.55 Å². The molecule has 0 saturated heterocycles. The van der Waals surface area contributed by atoms with Crippen molar-refractivity contribution in [3.63, 3.8) is 0 Å². The van der Waals surface area contributed by atoms with Crippen LogP contribution in [-0.4, -0.2) is 9.55 Å². The molecule has 3 aromatic rings. The molecule has 0 saturated carbocycles. The zero-order valence-electron chi connectivity index (χ0n) is 10.1. The molecule has 0 fully saturated rings. The van der Waals surface area contributed by atoms with E-state index in [2.05, 4.69) is 20.9 Å². The summed E-state index contributed by atoms with van der Waals surface area (Å²) >= 11 is 8.04. The van der Waals surface area contributed by atoms with Crippen LogP contribution in [0.15, 0.2) is 28.7 Å². The molecule has 2 nitrogen and oxygen atoms in total. The van der Waals surface area contributed by atoms with Crippen molar-refractivity contribution < 1.29 is 17.6 Å². The van der Waals surface area contributed by atoms with Gasteiger partial charge in [0.05, 0.1) is 21.2 Å². The fourth-order valence-corrected chi connectivity index (χ4v) is 2.70. The molecular weight excluding hydrogens is 372 g/mol. The Labute approximate surface area is 129 Å². The maximum Gasteiger partial charge on any atom is 0.183 e. The molecule has 3 rings (SSSR count). The van der Waals surface area contributed by atoms with Crippen LogP contribution in [0.4, 0.5) is 17.6 Å². The van der Waals surface area contributed by atoms with Crippen LogP contribution in [0, 0.1) is 28.0 Å². The van der Waals surface area contributed by atoms with Gasteiger partial charge in [0.25, 0.3) is 0 Å². The van der Waals surface area contributed by atoms with Gasteiger partial charge >= 0.3 is 0 Å². The van der Waals surface area contributed by atoms with E-state index in [1.165, 1.54) is 6.07 Å². The quantitative estimate of drug-likeness (QED) is 0.359. The van der Waals surface area contributed by atoms with Crippen molar-refractivity contribution in [3.8, 4) is 5.69 Å². The van der Waals surface area contributed by atoms with Gasteiger partial charge in [-0.05, 0) is 34.2 Å². The SMILES string of the molecule is Fc1cc(F)c(F)c(-n2c(=S)[nH]c3cc(Br)c(F)cc32)c1. The normalized spacial score (nSPS) is 11.3. The summed E-state index contributed by atoms with van der Waals surface area (Å²) in [6.07, 6.45) is 0. The summed E-state index contributed by atoms with van der Waals surface area (Å²) in [5, 5.41) is 0. The van der Waals surface area contributed by atoms with Gasteiger partial charge < -0.3 is 4.98 Å². The highest BCUT2D eigenvalue weighted by Crippen LogP contribution is 2.27. The van der Waals surface area contributed by atoms with Crippen LogP contribution >= 0.6 is 28.1 Å². The standard InChI is InChI=1S/C13H5BrF4N2S/c14-6-3-9-10(4-7(6)16)20(13(21)19-9)11-2-5(15)1-8(17)12(11)18/h1-4H,(H,19,21). The van der Waals surface area contributed by atoms with Crippen LogP contribution < -0.4 is 0 Å². The first kappa shape index (κ1) is 14.3. The Hall–Kier alpha value is -1.67. The number of nitrogens with zero attached hydrogens (tertiary/aromatic N) is 1. The number of halogens is 5. The van der Waals surface area contributed by atoms with Crippen LogP contribution in [0.1, 0.15) is 0 Å². The number of hydrogen-bond acceptors (Lipinski definition) is 1. The minimum atomic E-state index is -1.35. The fraction of sp³-hybridized carbons (Fsp3) is 0. The van der Waals surface area contributed by atoms with Crippen molar-refractivity contribution in [2.75, 3.05) is 0 Å². The molecule has 2 aromatic carbocycles. The van der Waals surface area contributed by atoms with Crippen LogP contribution in [0.25, 0.3) is 16.7 Å². The van der Waals surface area contributed by atoms with Gasteiger partial charge in [-0.2, -0.15) is 0 Å². The number of imidazole rings is 1. The zero-order valence-corrected chi connectivity index (χ0v) is 12.5. The highest BCUT2D eigenvalue weighted by atomic mass is 79.9. The Morgan fingerprint density at radius 3 is 2.43 bits per heavy atom. The van der Waals surface area contributed by atoms with E-state index >= 15 is 0 Å². The third-order valence-corrected chi connectivity index (χ3v) is 3.83. The second kappa shape index (κ2) is 4.96. The van der Waals surface area contributed by atoms with E-state index in [4.69, 9.17) is 12.2 Å².